The zero-order valence-corrected chi connectivity index (χ0v) is 18.1. The van der Waals surface area contributed by atoms with E-state index in [4.69, 9.17) is 0 Å². The Labute approximate surface area is 177 Å². The number of nitrogens with zero attached hydrogens (tertiary/aromatic N) is 2. The molecule has 156 valence electrons. The molecule has 0 unspecified atom stereocenters. The third-order valence-corrected chi connectivity index (χ3v) is 7.31. The average Bonchev–Trinajstić information content (AvgIpc) is 3.31. The maximum absolute atomic E-state index is 12.6. The standard InChI is InChI=1S/C24H26N2O3S/c1-18(27)26-17-20(16-21-7-6-13-25(21)2)23-15-19(10-11-24(23)26)12-14-30(28,29)22-8-4-3-5-9-22/h3-5,8-12,14-15,17,21H,6-7,13,16H2,1-2H3/t21-/m0/s1. The maximum atomic E-state index is 12.6. The molecule has 0 spiro atoms. The largest absolute Gasteiger partial charge is 0.303 e. The van der Waals surface area contributed by atoms with Crippen LogP contribution in [0.25, 0.3) is 17.0 Å². The van der Waals surface area contributed by atoms with E-state index in [9.17, 15) is 13.2 Å². The second-order valence-corrected chi connectivity index (χ2v) is 9.80. The van der Waals surface area contributed by atoms with Gasteiger partial charge in [0.15, 0.2) is 9.84 Å². The fourth-order valence-corrected chi connectivity index (χ4v) is 5.22. The highest BCUT2D eigenvalue weighted by Crippen LogP contribution is 2.28. The van der Waals surface area contributed by atoms with Crippen LogP contribution in [0.1, 0.15) is 35.7 Å². The van der Waals surface area contributed by atoms with Gasteiger partial charge in [-0.25, -0.2) is 8.42 Å². The molecule has 1 aliphatic heterocycles. The van der Waals surface area contributed by atoms with Crippen LogP contribution in [0.4, 0.5) is 0 Å². The molecule has 1 aromatic heterocycles. The summed E-state index contributed by atoms with van der Waals surface area (Å²) in [5.41, 5.74) is 2.78. The molecule has 0 radical (unpaired) electrons. The summed E-state index contributed by atoms with van der Waals surface area (Å²) < 4.78 is 26.8. The molecule has 0 saturated carbocycles. The molecule has 6 heteroatoms. The number of fused-ring (bicyclic) bond motifs is 1. The van der Waals surface area contributed by atoms with Crippen LogP contribution in [0.2, 0.25) is 0 Å². The van der Waals surface area contributed by atoms with Crippen LogP contribution in [0.5, 0.6) is 0 Å². The smallest absolute Gasteiger partial charge is 0.227 e. The number of likely N-dealkylation sites (tertiary alicyclic amines) is 1. The number of hydrogen-bond donors (Lipinski definition) is 0. The number of sulfone groups is 1. The van der Waals surface area contributed by atoms with E-state index in [1.165, 1.54) is 11.8 Å². The van der Waals surface area contributed by atoms with Gasteiger partial charge in [0.05, 0.1) is 10.4 Å². The van der Waals surface area contributed by atoms with Gasteiger partial charge in [0.2, 0.25) is 5.91 Å². The van der Waals surface area contributed by atoms with Crippen molar-refractivity contribution in [2.24, 2.45) is 0 Å². The maximum Gasteiger partial charge on any atom is 0.227 e. The Kier molecular flexibility index (Phi) is 5.62. The summed E-state index contributed by atoms with van der Waals surface area (Å²) in [5, 5.41) is 2.25. The molecular weight excluding hydrogens is 396 g/mol. The first-order valence-electron chi connectivity index (χ1n) is 10.2. The first-order valence-corrected chi connectivity index (χ1v) is 11.7. The molecule has 3 aromatic rings. The zero-order chi connectivity index (χ0) is 21.3. The second kappa shape index (κ2) is 8.20. The van der Waals surface area contributed by atoms with E-state index in [0.29, 0.717) is 6.04 Å². The number of carbonyl (C=O) groups is 1. The molecule has 0 N–H and O–H groups in total. The molecule has 5 nitrogen and oxygen atoms in total. The lowest BCUT2D eigenvalue weighted by molar-refractivity contribution is 0.0941. The first-order chi connectivity index (χ1) is 14.3. The monoisotopic (exact) mass is 422 g/mol. The minimum absolute atomic E-state index is 0.0269. The Morgan fingerprint density at radius 1 is 1.17 bits per heavy atom. The molecule has 1 saturated heterocycles. The molecule has 30 heavy (non-hydrogen) atoms. The van der Waals surface area contributed by atoms with Gasteiger partial charge < -0.3 is 4.90 Å². The van der Waals surface area contributed by atoms with Gasteiger partial charge in [-0.15, -0.1) is 0 Å². The van der Waals surface area contributed by atoms with Gasteiger partial charge in [-0.05, 0) is 74.3 Å². The van der Waals surface area contributed by atoms with Gasteiger partial charge in [-0.3, -0.25) is 9.36 Å². The summed E-state index contributed by atoms with van der Waals surface area (Å²) in [6, 6.07) is 14.6. The van der Waals surface area contributed by atoms with Gasteiger partial charge in [-0.1, -0.05) is 24.3 Å². The lowest BCUT2D eigenvalue weighted by Crippen LogP contribution is -2.26. The minimum Gasteiger partial charge on any atom is -0.303 e. The van der Waals surface area contributed by atoms with Crippen molar-refractivity contribution >= 4 is 32.7 Å². The zero-order valence-electron chi connectivity index (χ0n) is 17.3. The van der Waals surface area contributed by atoms with Crippen LogP contribution in [-0.2, 0) is 16.3 Å². The molecule has 2 aromatic carbocycles. The molecule has 2 heterocycles. The number of aromatic nitrogens is 1. The summed E-state index contributed by atoms with van der Waals surface area (Å²) >= 11 is 0. The predicted octanol–water partition coefficient (Wildman–Crippen LogP) is 4.38. The van der Waals surface area contributed by atoms with Crippen molar-refractivity contribution < 1.29 is 13.2 Å². The number of likely N-dealkylation sites (N-methyl/N-ethyl adjacent to an activating group) is 1. The van der Waals surface area contributed by atoms with E-state index in [-0.39, 0.29) is 10.8 Å². The first kappa shape index (κ1) is 20.6. The van der Waals surface area contributed by atoms with E-state index < -0.39 is 9.84 Å². The number of hydrogen-bond acceptors (Lipinski definition) is 4. The van der Waals surface area contributed by atoms with Gasteiger partial charge >= 0.3 is 0 Å². The van der Waals surface area contributed by atoms with Crippen molar-refractivity contribution in [1.82, 2.24) is 9.47 Å². The molecule has 1 atom stereocenters. The minimum atomic E-state index is -3.50. The molecule has 0 bridgehead atoms. The van der Waals surface area contributed by atoms with Crippen molar-refractivity contribution in [2.45, 2.75) is 37.1 Å². The van der Waals surface area contributed by atoms with Crippen LogP contribution in [0.3, 0.4) is 0 Å². The van der Waals surface area contributed by atoms with Crippen LogP contribution >= 0.6 is 0 Å². The Morgan fingerprint density at radius 3 is 2.60 bits per heavy atom. The second-order valence-electron chi connectivity index (χ2n) is 7.96. The predicted molar refractivity (Wildman–Crippen MR) is 120 cm³/mol. The van der Waals surface area contributed by atoms with Gasteiger partial charge in [0.1, 0.15) is 0 Å². The fraction of sp³-hybridized carbons (Fsp3) is 0.292. The third kappa shape index (κ3) is 4.11. The van der Waals surface area contributed by atoms with E-state index in [2.05, 4.69) is 11.9 Å². The van der Waals surface area contributed by atoms with Gasteiger partial charge in [0, 0.05) is 30.0 Å². The topological polar surface area (TPSA) is 59.4 Å². The van der Waals surface area contributed by atoms with Crippen LogP contribution in [-0.4, -0.2) is 43.4 Å². The summed E-state index contributed by atoms with van der Waals surface area (Å²) in [4.78, 5) is 14.8. The lowest BCUT2D eigenvalue weighted by Gasteiger charge is -2.18. The van der Waals surface area contributed by atoms with E-state index >= 15 is 0 Å². The Bertz CT molecular complexity index is 1210. The molecule has 0 amide bonds. The molecule has 1 aliphatic rings. The summed E-state index contributed by atoms with van der Waals surface area (Å²) in [5.74, 6) is -0.0269. The van der Waals surface area contributed by atoms with E-state index in [0.717, 1.165) is 41.4 Å². The fourth-order valence-electron chi connectivity index (χ4n) is 4.19. The summed E-state index contributed by atoms with van der Waals surface area (Å²) in [6.45, 7) is 2.66. The van der Waals surface area contributed by atoms with Crippen LogP contribution in [0.15, 0.2) is 65.0 Å². The summed E-state index contributed by atoms with van der Waals surface area (Å²) in [6.07, 6.45) is 6.78. The van der Waals surface area contributed by atoms with Crippen LogP contribution < -0.4 is 0 Å². The highest BCUT2D eigenvalue weighted by atomic mass is 32.2. The number of rotatable bonds is 5. The SMILES string of the molecule is CC(=O)n1cc(C[C@@H]2CCCN2C)c2cc(C=CS(=O)(=O)c3ccccc3)ccc21. The van der Waals surface area contributed by atoms with Gasteiger partial charge in [0.25, 0.3) is 0 Å². The Balaban J connectivity index is 1.70. The molecule has 1 fully saturated rings. The molecule has 0 aliphatic carbocycles. The molecule has 4 rings (SSSR count). The summed E-state index contributed by atoms with van der Waals surface area (Å²) in [7, 11) is -1.36. The molecular formula is C24H26N2O3S. The lowest BCUT2D eigenvalue weighted by atomic mass is 10.0. The van der Waals surface area contributed by atoms with Crippen molar-refractivity contribution in [1.29, 1.82) is 0 Å². The third-order valence-electron chi connectivity index (χ3n) is 5.89. The highest BCUT2D eigenvalue weighted by molar-refractivity contribution is 7.94. The quantitative estimate of drug-likeness (QED) is 0.612. The van der Waals surface area contributed by atoms with Crippen molar-refractivity contribution in [3.8, 4) is 0 Å². The number of benzene rings is 2. The van der Waals surface area contributed by atoms with Crippen molar-refractivity contribution in [3.63, 3.8) is 0 Å². The number of carbonyl (C=O) groups excluding carboxylic acids is 1. The van der Waals surface area contributed by atoms with Crippen molar-refractivity contribution in [3.05, 3.63) is 71.3 Å². The average molecular weight is 423 g/mol. The Morgan fingerprint density at radius 2 is 1.93 bits per heavy atom. The van der Waals surface area contributed by atoms with Gasteiger partial charge in [-0.2, -0.15) is 0 Å². The van der Waals surface area contributed by atoms with E-state index in [1.807, 2.05) is 24.4 Å². The normalized spacial score (nSPS) is 17.9. The van der Waals surface area contributed by atoms with Crippen molar-refractivity contribution in [2.75, 3.05) is 13.6 Å². The van der Waals surface area contributed by atoms with Crippen LogP contribution in [0, 0.1) is 0 Å². The van der Waals surface area contributed by atoms with E-state index in [1.54, 1.807) is 47.9 Å². The Hall–Kier alpha value is -2.70. The highest BCUT2D eigenvalue weighted by Gasteiger charge is 2.23.